The molecule has 0 saturated carbocycles. The molecule has 0 bridgehead atoms. The number of ketones is 1. The fraction of sp³-hybridized carbons (Fsp3) is 0.222. The highest BCUT2D eigenvalue weighted by Gasteiger charge is 2.58. The topological polar surface area (TPSA) is 79.0 Å². The quantitative estimate of drug-likeness (QED) is 0.596. The average molecular weight is 456 g/mol. The lowest BCUT2D eigenvalue weighted by Crippen LogP contribution is -2.60. The lowest BCUT2D eigenvalue weighted by Gasteiger charge is -2.42. The maximum absolute atomic E-state index is 13.0. The highest BCUT2D eigenvalue weighted by atomic mass is 16.6. The standard InChI is InChI=1S/C27H25N3O4/c31-23(20-10-4-1-5-11-20)18-28-25(32)29-16-17-30-24(19-29)27(34-26(30)33,21-12-6-2-7-13-21)22-14-8-3-9-15-22/h1-15,24H,16-19H2,(H,28,32). The Morgan fingerprint density at radius 2 is 1.41 bits per heavy atom. The Morgan fingerprint density at radius 3 is 2.00 bits per heavy atom. The monoisotopic (exact) mass is 455 g/mol. The highest BCUT2D eigenvalue weighted by molar-refractivity contribution is 5.99. The summed E-state index contributed by atoms with van der Waals surface area (Å²) in [5.74, 6) is -0.158. The van der Waals surface area contributed by atoms with Gasteiger partial charge in [-0.05, 0) is 0 Å². The Labute approximate surface area is 197 Å². The zero-order valence-electron chi connectivity index (χ0n) is 18.6. The van der Waals surface area contributed by atoms with Crippen molar-refractivity contribution in [2.24, 2.45) is 0 Å². The normalized spacial score (nSPS) is 18.7. The van der Waals surface area contributed by atoms with Crippen LogP contribution in [-0.4, -0.2) is 59.9 Å². The number of carbonyl (C=O) groups is 3. The van der Waals surface area contributed by atoms with Gasteiger partial charge in [-0.1, -0.05) is 91.0 Å². The van der Waals surface area contributed by atoms with Gasteiger partial charge in [-0.2, -0.15) is 0 Å². The molecule has 0 aliphatic carbocycles. The molecule has 5 rings (SSSR count). The molecule has 2 fully saturated rings. The number of amides is 3. The third-order valence-corrected chi connectivity index (χ3v) is 6.52. The summed E-state index contributed by atoms with van der Waals surface area (Å²) in [4.78, 5) is 41.8. The van der Waals surface area contributed by atoms with E-state index in [2.05, 4.69) is 5.32 Å². The van der Waals surface area contributed by atoms with Crippen LogP contribution in [0.25, 0.3) is 0 Å². The van der Waals surface area contributed by atoms with Crippen molar-refractivity contribution in [3.63, 3.8) is 0 Å². The van der Waals surface area contributed by atoms with Gasteiger partial charge >= 0.3 is 12.1 Å². The van der Waals surface area contributed by atoms with Gasteiger partial charge in [-0.3, -0.25) is 9.69 Å². The lowest BCUT2D eigenvalue weighted by atomic mass is 9.79. The molecule has 3 aromatic carbocycles. The maximum Gasteiger partial charge on any atom is 0.411 e. The van der Waals surface area contributed by atoms with E-state index in [1.165, 1.54) is 0 Å². The predicted molar refractivity (Wildman–Crippen MR) is 126 cm³/mol. The van der Waals surface area contributed by atoms with Gasteiger partial charge in [0, 0.05) is 36.3 Å². The molecule has 0 spiro atoms. The van der Waals surface area contributed by atoms with Crippen LogP contribution >= 0.6 is 0 Å². The van der Waals surface area contributed by atoms with E-state index in [0.29, 0.717) is 18.7 Å². The van der Waals surface area contributed by atoms with Crippen molar-refractivity contribution in [2.75, 3.05) is 26.2 Å². The molecule has 34 heavy (non-hydrogen) atoms. The molecule has 0 aromatic heterocycles. The SMILES string of the molecule is O=C(CNC(=O)N1CCN2C(=O)OC(c3ccccc3)(c3ccccc3)C2C1)c1ccccc1. The first-order valence-electron chi connectivity index (χ1n) is 11.3. The van der Waals surface area contributed by atoms with Crippen molar-refractivity contribution in [3.05, 3.63) is 108 Å². The van der Waals surface area contributed by atoms with E-state index < -0.39 is 17.7 Å². The molecule has 2 aliphatic heterocycles. The Bertz CT molecular complexity index is 1140. The summed E-state index contributed by atoms with van der Waals surface area (Å²) in [6, 6.07) is 27.4. The second kappa shape index (κ2) is 9.02. The fourth-order valence-corrected chi connectivity index (χ4v) is 4.83. The van der Waals surface area contributed by atoms with E-state index in [0.717, 1.165) is 11.1 Å². The molecule has 2 aliphatic rings. The number of nitrogens with zero attached hydrogens (tertiary/aromatic N) is 2. The summed E-state index contributed by atoms with van der Waals surface area (Å²) in [5, 5.41) is 2.74. The molecular formula is C27H25N3O4. The van der Waals surface area contributed by atoms with E-state index in [1.54, 1.807) is 34.1 Å². The van der Waals surface area contributed by atoms with Crippen LogP contribution in [-0.2, 0) is 10.3 Å². The van der Waals surface area contributed by atoms with E-state index >= 15 is 0 Å². The molecule has 2 heterocycles. The summed E-state index contributed by atoms with van der Waals surface area (Å²) in [5.41, 5.74) is 1.21. The molecule has 2 saturated heterocycles. The van der Waals surface area contributed by atoms with Crippen molar-refractivity contribution in [1.29, 1.82) is 0 Å². The first kappa shape index (κ1) is 21.7. The number of carbonyl (C=O) groups excluding carboxylic acids is 3. The zero-order valence-corrected chi connectivity index (χ0v) is 18.6. The van der Waals surface area contributed by atoms with Crippen LogP contribution in [0.3, 0.4) is 0 Å². The van der Waals surface area contributed by atoms with E-state index in [9.17, 15) is 14.4 Å². The van der Waals surface area contributed by atoms with Gasteiger partial charge in [0.05, 0.1) is 6.54 Å². The van der Waals surface area contributed by atoms with Crippen molar-refractivity contribution in [2.45, 2.75) is 11.6 Å². The molecule has 172 valence electrons. The molecule has 1 atom stereocenters. The van der Waals surface area contributed by atoms with Gasteiger partial charge in [0.2, 0.25) is 0 Å². The number of Topliss-reactive ketones (excluding diaryl/α,β-unsaturated/α-hetero) is 1. The molecule has 7 nitrogen and oxygen atoms in total. The highest BCUT2D eigenvalue weighted by Crippen LogP contribution is 2.45. The summed E-state index contributed by atoms with van der Waals surface area (Å²) < 4.78 is 6.13. The first-order valence-corrected chi connectivity index (χ1v) is 11.3. The van der Waals surface area contributed by atoms with E-state index in [-0.39, 0.29) is 24.9 Å². The zero-order chi connectivity index (χ0) is 23.5. The first-order chi connectivity index (χ1) is 16.6. The van der Waals surface area contributed by atoms with Crippen molar-refractivity contribution >= 4 is 17.9 Å². The van der Waals surface area contributed by atoms with Crippen LogP contribution < -0.4 is 5.32 Å². The number of nitrogens with one attached hydrogen (secondary N) is 1. The predicted octanol–water partition coefficient (Wildman–Crippen LogP) is 3.66. The van der Waals surface area contributed by atoms with Crippen LogP contribution in [0.4, 0.5) is 9.59 Å². The largest absolute Gasteiger partial charge is 0.431 e. The summed E-state index contributed by atoms with van der Waals surface area (Å²) in [6.07, 6.45) is -0.392. The lowest BCUT2D eigenvalue weighted by molar-refractivity contribution is 0.0511. The number of cyclic esters (lactones) is 1. The molecule has 3 aromatic rings. The second-order valence-corrected chi connectivity index (χ2v) is 8.44. The molecule has 7 heteroatoms. The molecule has 1 unspecified atom stereocenters. The minimum atomic E-state index is -1.04. The summed E-state index contributed by atoms with van der Waals surface area (Å²) in [6.45, 7) is 0.897. The molecular weight excluding hydrogens is 430 g/mol. The third kappa shape index (κ3) is 3.79. The second-order valence-electron chi connectivity index (χ2n) is 8.44. The molecule has 3 amide bonds. The average Bonchev–Trinajstić information content (AvgIpc) is 3.21. The van der Waals surface area contributed by atoms with Crippen LogP contribution in [0.5, 0.6) is 0 Å². The number of hydrogen-bond acceptors (Lipinski definition) is 4. The third-order valence-electron chi connectivity index (χ3n) is 6.52. The van der Waals surface area contributed by atoms with Crippen LogP contribution in [0, 0.1) is 0 Å². The van der Waals surface area contributed by atoms with Gasteiger partial charge in [0.15, 0.2) is 11.4 Å². The number of piperazine rings is 1. The number of rotatable bonds is 5. The number of benzene rings is 3. The minimum absolute atomic E-state index is 0.0916. The maximum atomic E-state index is 13.0. The van der Waals surface area contributed by atoms with Gasteiger partial charge in [-0.15, -0.1) is 0 Å². The van der Waals surface area contributed by atoms with Crippen molar-refractivity contribution in [1.82, 2.24) is 15.1 Å². The Hall–Kier alpha value is -4.13. The molecule has 1 N–H and O–H groups in total. The Morgan fingerprint density at radius 1 is 0.853 bits per heavy atom. The number of urea groups is 1. The number of fused-ring (bicyclic) bond motifs is 1. The summed E-state index contributed by atoms with van der Waals surface area (Å²) >= 11 is 0. The van der Waals surface area contributed by atoms with Crippen molar-refractivity contribution in [3.8, 4) is 0 Å². The number of ether oxygens (including phenoxy) is 1. The minimum Gasteiger partial charge on any atom is -0.431 e. The Kier molecular flexibility index (Phi) is 5.76. The summed E-state index contributed by atoms with van der Waals surface area (Å²) in [7, 11) is 0. The van der Waals surface area contributed by atoms with Gasteiger partial charge in [0.1, 0.15) is 6.04 Å². The van der Waals surface area contributed by atoms with Crippen LogP contribution in [0.15, 0.2) is 91.0 Å². The van der Waals surface area contributed by atoms with Gasteiger partial charge < -0.3 is 15.0 Å². The van der Waals surface area contributed by atoms with Gasteiger partial charge in [-0.25, -0.2) is 9.59 Å². The number of hydrogen-bond donors (Lipinski definition) is 1. The van der Waals surface area contributed by atoms with Crippen molar-refractivity contribution < 1.29 is 19.1 Å². The molecule has 0 radical (unpaired) electrons. The fourth-order valence-electron chi connectivity index (χ4n) is 4.83. The Balaban J connectivity index is 1.40. The van der Waals surface area contributed by atoms with Crippen LogP contribution in [0.1, 0.15) is 21.5 Å². The van der Waals surface area contributed by atoms with E-state index in [4.69, 9.17) is 4.74 Å². The van der Waals surface area contributed by atoms with E-state index in [1.807, 2.05) is 66.7 Å². The van der Waals surface area contributed by atoms with Gasteiger partial charge in [0.25, 0.3) is 0 Å². The van der Waals surface area contributed by atoms with Crippen LogP contribution in [0.2, 0.25) is 0 Å². The smallest absolute Gasteiger partial charge is 0.411 e.